The number of ether oxygens (including phenoxy) is 3. The zero-order valence-corrected chi connectivity index (χ0v) is 20.6. The normalized spacial score (nSPS) is 26.2. The van der Waals surface area contributed by atoms with Crippen molar-refractivity contribution >= 4 is 23.4 Å². The van der Waals surface area contributed by atoms with E-state index >= 15 is 0 Å². The second-order valence-corrected chi connectivity index (χ2v) is 9.56. The third-order valence-electron chi connectivity index (χ3n) is 7.31. The van der Waals surface area contributed by atoms with Crippen LogP contribution in [0, 0.1) is 0 Å². The number of carbonyl (C=O) groups is 3. The Morgan fingerprint density at radius 3 is 2.50 bits per heavy atom. The molecule has 6 N–H and O–H groups in total. The molecule has 1 heterocycles. The highest BCUT2D eigenvalue weighted by atomic mass is 16.7. The van der Waals surface area contributed by atoms with Gasteiger partial charge in [0, 0.05) is 41.1 Å². The standard InChI is InChI=1S/C27H27NO10/c1-10-23(31)14(28)8-18(37-10)38-17-7-11(15(30)9-29)6-13-20(17)27(35)22-21(25(13)33)24(32)12-4-3-5-16(36-2)19(12)26(22)34/h3-6,10,14,17-18,23,29,31,33,35H,7-9,28H2,1-2H3/t10?,14?,17-,18?,23?/m0/s1. The summed E-state index contributed by atoms with van der Waals surface area (Å²) >= 11 is 0. The lowest BCUT2D eigenvalue weighted by Crippen LogP contribution is -2.51. The number of aromatic hydroxyl groups is 2. The largest absolute Gasteiger partial charge is 0.507 e. The van der Waals surface area contributed by atoms with Gasteiger partial charge in [-0.05, 0) is 19.1 Å². The lowest BCUT2D eigenvalue weighted by atomic mass is 9.77. The summed E-state index contributed by atoms with van der Waals surface area (Å²) in [5.41, 5.74) is 5.10. The van der Waals surface area contributed by atoms with Gasteiger partial charge in [-0.15, -0.1) is 0 Å². The zero-order valence-electron chi connectivity index (χ0n) is 20.6. The van der Waals surface area contributed by atoms with Crippen LogP contribution in [0.1, 0.15) is 68.8 Å². The molecule has 0 saturated carbocycles. The summed E-state index contributed by atoms with van der Waals surface area (Å²) in [7, 11) is 1.34. The number of ketones is 3. The number of rotatable bonds is 5. The fraction of sp³-hybridized carbons (Fsp3) is 0.370. The first kappa shape index (κ1) is 26.0. The molecular weight excluding hydrogens is 498 g/mol. The first-order valence-electron chi connectivity index (χ1n) is 12.1. The van der Waals surface area contributed by atoms with E-state index in [2.05, 4.69) is 0 Å². The van der Waals surface area contributed by atoms with Gasteiger partial charge in [-0.25, -0.2) is 0 Å². The molecule has 3 aliphatic rings. The van der Waals surface area contributed by atoms with Gasteiger partial charge in [-0.2, -0.15) is 0 Å². The number of methoxy groups -OCH3 is 1. The summed E-state index contributed by atoms with van der Waals surface area (Å²) in [6, 6.07) is 3.77. The Hall–Kier alpha value is -3.61. The Morgan fingerprint density at radius 1 is 1.13 bits per heavy atom. The van der Waals surface area contributed by atoms with E-state index in [0.29, 0.717) is 0 Å². The van der Waals surface area contributed by atoms with Crippen LogP contribution in [0.15, 0.2) is 23.8 Å². The molecule has 1 aliphatic heterocycles. The van der Waals surface area contributed by atoms with Crippen LogP contribution in [0.4, 0.5) is 0 Å². The summed E-state index contributed by atoms with van der Waals surface area (Å²) in [5, 5.41) is 42.3. The number of Topliss-reactive ketones (excluding diaryl/α,β-unsaturated/α-hetero) is 1. The van der Waals surface area contributed by atoms with Crippen molar-refractivity contribution in [2.24, 2.45) is 5.73 Å². The topological polar surface area (TPSA) is 186 Å². The Bertz CT molecular complexity index is 1380. The average molecular weight is 526 g/mol. The van der Waals surface area contributed by atoms with E-state index in [1.807, 2.05) is 0 Å². The molecule has 0 spiro atoms. The SMILES string of the molecule is COc1cccc2c1C(=O)c1c(O)c3c(c(O)c1C2=O)C=C(C(=O)CO)C[C@@H]3OC1CC(N)C(O)C(C)O1. The Kier molecular flexibility index (Phi) is 6.58. The number of phenols is 2. The van der Waals surface area contributed by atoms with E-state index < -0.39 is 77.2 Å². The van der Waals surface area contributed by atoms with Gasteiger partial charge >= 0.3 is 0 Å². The molecule has 1 saturated heterocycles. The molecule has 2 aliphatic carbocycles. The molecule has 5 atom stereocenters. The van der Waals surface area contributed by atoms with Crippen LogP contribution < -0.4 is 10.5 Å². The predicted octanol–water partition coefficient (Wildman–Crippen LogP) is 1.11. The predicted molar refractivity (Wildman–Crippen MR) is 131 cm³/mol. The Morgan fingerprint density at radius 2 is 1.84 bits per heavy atom. The van der Waals surface area contributed by atoms with E-state index in [1.165, 1.54) is 31.4 Å². The second kappa shape index (κ2) is 9.61. The molecular formula is C27H27NO10. The molecule has 0 amide bonds. The number of hydrogen-bond acceptors (Lipinski definition) is 11. The summed E-state index contributed by atoms with van der Waals surface area (Å²) in [4.78, 5) is 39.5. The van der Waals surface area contributed by atoms with Crippen molar-refractivity contribution in [1.29, 1.82) is 0 Å². The second-order valence-electron chi connectivity index (χ2n) is 9.56. The van der Waals surface area contributed by atoms with Crippen LogP contribution in [-0.2, 0) is 14.3 Å². The summed E-state index contributed by atoms with van der Waals surface area (Å²) in [6.07, 6.45) is -2.46. The highest BCUT2D eigenvalue weighted by molar-refractivity contribution is 6.31. The van der Waals surface area contributed by atoms with Gasteiger partial charge in [0.05, 0.1) is 42.1 Å². The van der Waals surface area contributed by atoms with Gasteiger partial charge in [-0.1, -0.05) is 12.1 Å². The third kappa shape index (κ3) is 3.91. The minimum Gasteiger partial charge on any atom is -0.507 e. The van der Waals surface area contributed by atoms with Crippen LogP contribution in [0.2, 0.25) is 0 Å². The molecule has 38 heavy (non-hydrogen) atoms. The van der Waals surface area contributed by atoms with Gasteiger partial charge < -0.3 is 40.4 Å². The number of fused-ring (bicyclic) bond motifs is 3. The van der Waals surface area contributed by atoms with Crippen LogP contribution >= 0.6 is 0 Å². The van der Waals surface area contributed by atoms with Crippen molar-refractivity contribution in [3.63, 3.8) is 0 Å². The minimum atomic E-state index is -1.13. The molecule has 0 aromatic heterocycles. The smallest absolute Gasteiger partial charge is 0.202 e. The van der Waals surface area contributed by atoms with Crippen LogP contribution in [0.5, 0.6) is 17.2 Å². The zero-order chi connectivity index (χ0) is 27.5. The highest BCUT2D eigenvalue weighted by Gasteiger charge is 2.43. The first-order valence-corrected chi connectivity index (χ1v) is 12.1. The molecule has 200 valence electrons. The molecule has 0 bridgehead atoms. The van der Waals surface area contributed by atoms with Crippen molar-refractivity contribution in [3.05, 3.63) is 57.2 Å². The lowest BCUT2D eigenvalue weighted by Gasteiger charge is -2.38. The van der Waals surface area contributed by atoms with E-state index in [1.54, 1.807) is 6.92 Å². The van der Waals surface area contributed by atoms with Crippen molar-refractivity contribution in [2.45, 2.75) is 50.4 Å². The fourth-order valence-electron chi connectivity index (χ4n) is 5.36. The van der Waals surface area contributed by atoms with Gasteiger partial charge in [0.2, 0.25) is 5.78 Å². The quantitative estimate of drug-likeness (QED) is 0.300. The molecule has 2 aromatic rings. The molecule has 4 unspecified atom stereocenters. The Balaban J connectivity index is 1.68. The number of nitrogens with two attached hydrogens (primary N) is 1. The number of benzene rings is 2. The number of hydrogen-bond donors (Lipinski definition) is 5. The maximum Gasteiger partial charge on any atom is 0.202 e. The highest BCUT2D eigenvalue weighted by Crippen LogP contribution is 2.51. The number of aliphatic hydroxyl groups excluding tert-OH is 2. The fourth-order valence-corrected chi connectivity index (χ4v) is 5.36. The Labute approximate surface area is 217 Å². The van der Waals surface area contributed by atoms with Crippen molar-refractivity contribution in [1.82, 2.24) is 0 Å². The third-order valence-corrected chi connectivity index (χ3v) is 7.31. The lowest BCUT2D eigenvalue weighted by molar-refractivity contribution is -0.240. The summed E-state index contributed by atoms with van der Waals surface area (Å²) < 4.78 is 17.1. The van der Waals surface area contributed by atoms with Gasteiger partial charge in [0.15, 0.2) is 17.9 Å². The first-order chi connectivity index (χ1) is 18.1. The minimum absolute atomic E-state index is 0.00659. The van der Waals surface area contributed by atoms with Gasteiger partial charge in [0.1, 0.15) is 23.9 Å². The van der Waals surface area contributed by atoms with Gasteiger partial charge in [-0.3, -0.25) is 14.4 Å². The van der Waals surface area contributed by atoms with E-state index in [-0.39, 0.29) is 46.4 Å². The molecule has 11 nitrogen and oxygen atoms in total. The van der Waals surface area contributed by atoms with E-state index in [0.717, 1.165) is 0 Å². The summed E-state index contributed by atoms with van der Waals surface area (Å²) in [6.45, 7) is 0.800. The number of aliphatic hydroxyl groups is 2. The van der Waals surface area contributed by atoms with E-state index in [9.17, 15) is 34.8 Å². The van der Waals surface area contributed by atoms with Crippen molar-refractivity contribution < 1.29 is 49.0 Å². The van der Waals surface area contributed by atoms with Crippen molar-refractivity contribution in [2.75, 3.05) is 13.7 Å². The van der Waals surface area contributed by atoms with Crippen LogP contribution in [0.25, 0.3) is 6.08 Å². The monoisotopic (exact) mass is 525 g/mol. The molecule has 1 fully saturated rings. The molecule has 0 radical (unpaired) electrons. The van der Waals surface area contributed by atoms with Gasteiger partial charge in [0.25, 0.3) is 0 Å². The number of phenolic OH excluding ortho intramolecular Hbond substituents is 2. The van der Waals surface area contributed by atoms with Crippen molar-refractivity contribution in [3.8, 4) is 17.2 Å². The summed E-state index contributed by atoms with van der Waals surface area (Å²) in [5.74, 6) is -3.16. The maximum absolute atomic E-state index is 13.6. The van der Waals surface area contributed by atoms with Crippen LogP contribution in [-0.4, -0.2) is 76.0 Å². The van der Waals surface area contributed by atoms with Crippen LogP contribution in [0.3, 0.4) is 0 Å². The average Bonchev–Trinajstić information content (AvgIpc) is 2.90. The maximum atomic E-state index is 13.6. The molecule has 2 aromatic carbocycles. The number of carbonyl (C=O) groups excluding carboxylic acids is 3. The van der Waals surface area contributed by atoms with E-state index in [4.69, 9.17) is 19.9 Å². The molecule has 5 rings (SSSR count). The molecule has 11 heteroatoms.